The highest BCUT2D eigenvalue weighted by Gasteiger charge is 2.36. The SMILES string of the molecule is COCCN1CCN(C(CN2CCC(N(C(=O)O)C(C)(C)C)CC2)c2ccccc2)CC1. The minimum atomic E-state index is -0.801. The number of piperidine rings is 1. The van der Waals surface area contributed by atoms with Crippen molar-refractivity contribution in [1.29, 1.82) is 0 Å². The summed E-state index contributed by atoms with van der Waals surface area (Å²) in [5.74, 6) is 0. The third-order valence-electron chi connectivity index (χ3n) is 6.93. The molecule has 7 heteroatoms. The summed E-state index contributed by atoms with van der Waals surface area (Å²) in [5, 5.41) is 9.76. The molecule has 0 radical (unpaired) electrons. The van der Waals surface area contributed by atoms with Gasteiger partial charge >= 0.3 is 6.09 Å². The van der Waals surface area contributed by atoms with Crippen LogP contribution in [0.3, 0.4) is 0 Å². The van der Waals surface area contributed by atoms with Crippen LogP contribution in [0.1, 0.15) is 45.2 Å². The number of ether oxygens (including phenoxy) is 1. The molecule has 3 rings (SSSR count). The Morgan fingerprint density at radius 3 is 2.22 bits per heavy atom. The molecule has 2 aliphatic rings. The first kappa shape index (κ1) is 25.0. The largest absolute Gasteiger partial charge is 0.465 e. The van der Waals surface area contributed by atoms with Gasteiger partial charge in [0.05, 0.1) is 6.61 Å². The van der Waals surface area contributed by atoms with Crippen LogP contribution in [0.4, 0.5) is 4.79 Å². The summed E-state index contributed by atoms with van der Waals surface area (Å²) in [6, 6.07) is 11.3. The van der Waals surface area contributed by atoms with Crippen molar-refractivity contribution < 1.29 is 14.6 Å². The van der Waals surface area contributed by atoms with Crippen LogP contribution in [-0.4, -0.2) is 108 Å². The molecule has 7 nitrogen and oxygen atoms in total. The Labute approximate surface area is 193 Å². The number of hydrogen-bond donors (Lipinski definition) is 1. The maximum Gasteiger partial charge on any atom is 0.407 e. The third-order valence-corrected chi connectivity index (χ3v) is 6.93. The Hall–Kier alpha value is -1.67. The van der Waals surface area contributed by atoms with Crippen molar-refractivity contribution in [2.45, 2.75) is 51.2 Å². The summed E-state index contributed by atoms with van der Waals surface area (Å²) >= 11 is 0. The van der Waals surface area contributed by atoms with E-state index in [1.807, 2.05) is 20.8 Å². The normalized spacial score (nSPS) is 20.9. The van der Waals surface area contributed by atoms with E-state index < -0.39 is 6.09 Å². The number of likely N-dealkylation sites (tertiary alicyclic amines) is 1. The second-order valence-electron chi connectivity index (χ2n) is 10.2. The van der Waals surface area contributed by atoms with Crippen molar-refractivity contribution in [2.24, 2.45) is 0 Å². The maximum atomic E-state index is 11.9. The van der Waals surface area contributed by atoms with Crippen LogP contribution in [-0.2, 0) is 4.74 Å². The quantitative estimate of drug-likeness (QED) is 0.662. The van der Waals surface area contributed by atoms with Crippen LogP contribution in [0, 0.1) is 0 Å². The summed E-state index contributed by atoms with van der Waals surface area (Å²) in [5.41, 5.74) is 1.01. The monoisotopic (exact) mass is 446 g/mol. The van der Waals surface area contributed by atoms with Crippen LogP contribution in [0.2, 0.25) is 0 Å². The molecule has 180 valence electrons. The lowest BCUT2D eigenvalue weighted by molar-refractivity contribution is 0.0277. The fraction of sp³-hybridized carbons (Fsp3) is 0.720. The second-order valence-corrected chi connectivity index (χ2v) is 10.2. The number of methoxy groups -OCH3 is 1. The molecule has 1 N–H and O–H groups in total. The Morgan fingerprint density at radius 2 is 1.69 bits per heavy atom. The number of hydrogen-bond acceptors (Lipinski definition) is 5. The zero-order valence-electron chi connectivity index (χ0n) is 20.4. The van der Waals surface area contributed by atoms with Gasteiger partial charge in [-0.15, -0.1) is 0 Å². The third kappa shape index (κ3) is 6.67. The zero-order chi connectivity index (χ0) is 23.1. The van der Waals surface area contributed by atoms with Crippen LogP contribution in [0.15, 0.2) is 30.3 Å². The first-order valence-corrected chi connectivity index (χ1v) is 12.0. The van der Waals surface area contributed by atoms with Gasteiger partial charge in [0.15, 0.2) is 0 Å². The highest BCUT2D eigenvalue weighted by molar-refractivity contribution is 5.66. The van der Waals surface area contributed by atoms with Gasteiger partial charge in [0.2, 0.25) is 0 Å². The molecular weight excluding hydrogens is 404 g/mol. The lowest BCUT2D eigenvalue weighted by Gasteiger charge is -2.45. The number of benzene rings is 1. The van der Waals surface area contributed by atoms with Crippen LogP contribution in [0.5, 0.6) is 0 Å². The summed E-state index contributed by atoms with van der Waals surface area (Å²) in [7, 11) is 1.77. The van der Waals surface area contributed by atoms with Gasteiger partial charge < -0.3 is 19.6 Å². The van der Waals surface area contributed by atoms with Gasteiger partial charge in [-0.1, -0.05) is 30.3 Å². The Morgan fingerprint density at radius 1 is 1.06 bits per heavy atom. The maximum absolute atomic E-state index is 11.9. The molecule has 2 saturated heterocycles. The summed E-state index contributed by atoms with van der Waals surface area (Å²) in [6.07, 6.45) is 0.996. The number of carbonyl (C=O) groups is 1. The average molecular weight is 447 g/mol. The number of nitrogens with zero attached hydrogens (tertiary/aromatic N) is 4. The van der Waals surface area contributed by atoms with E-state index in [1.54, 1.807) is 12.0 Å². The molecule has 1 aromatic rings. The van der Waals surface area contributed by atoms with E-state index in [1.165, 1.54) is 5.56 Å². The van der Waals surface area contributed by atoms with E-state index in [0.717, 1.165) is 71.8 Å². The number of piperazine rings is 1. The first-order chi connectivity index (χ1) is 15.3. The summed E-state index contributed by atoms with van der Waals surface area (Å²) in [6.45, 7) is 14.9. The first-order valence-electron chi connectivity index (χ1n) is 12.0. The topological polar surface area (TPSA) is 59.5 Å². The predicted octanol–water partition coefficient (Wildman–Crippen LogP) is 3.23. The Kier molecular flexibility index (Phi) is 8.94. The minimum Gasteiger partial charge on any atom is -0.465 e. The molecule has 0 saturated carbocycles. The van der Waals surface area contributed by atoms with Gasteiger partial charge in [0.25, 0.3) is 0 Å². The smallest absolute Gasteiger partial charge is 0.407 e. The molecular formula is C25H42N4O3. The van der Waals surface area contributed by atoms with E-state index in [0.29, 0.717) is 6.04 Å². The molecule has 0 spiro atoms. The number of amides is 1. The predicted molar refractivity (Wildman–Crippen MR) is 128 cm³/mol. The molecule has 1 amide bonds. The van der Waals surface area contributed by atoms with Gasteiger partial charge in [-0.05, 0) is 39.2 Å². The van der Waals surface area contributed by atoms with Gasteiger partial charge in [-0.3, -0.25) is 9.80 Å². The highest BCUT2D eigenvalue weighted by Crippen LogP contribution is 2.28. The van der Waals surface area contributed by atoms with E-state index in [-0.39, 0.29) is 11.6 Å². The van der Waals surface area contributed by atoms with Gasteiger partial charge in [-0.2, -0.15) is 0 Å². The molecule has 0 bridgehead atoms. The molecule has 1 unspecified atom stereocenters. The van der Waals surface area contributed by atoms with Crippen LogP contribution >= 0.6 is 0 Å². The van der Waals surface area contributed by atoms with Crippen LogP contribution < -0.4 is 0 Å². The van der Waals surface area contributed by atoms with E-state index >= 15 is 0 Å². The Bertz CT molecular complexity index is 693. The fourth-order valence-electron chi connectivity index (χ4n) is 5.22. The van der Waals surface area contributed by atoms with E-state index in [9.17, 15) is 9.90 Å². The standard InChI is InChI=1S/C25H42N4O3/c1-25(2,3)29(24(30)31)22-10-12-27(13-11-22)20-23(21-8-6-5-7-9-21)28-16-14-26(15-17-28)18-19-32-4/h5-9,22-23H,10-20H2,1-4H3,(H,30,31). The summed E-state index contributed by atoms with van der Waals surface area (Å²) < 4.78 is 5.25. The number of rotatable bonds is 8. The molecule has 32 heavy (non-hydrogen) atoms. The van der Waals surface area contributed by atoms with Crippen molar-refractivity contribution in [2.75, 3.05) is 66.1 Å². The molecule has 0 aliphatic carbocycles. The lowest BCUT2D eigenvalue weighted by Crippen LogP contribution is -2.55. The van der Waals surface area contributed by atoms with Gasteiger partial charge in [0, 0.05) is 77.1 Å². The average Bonchev–Trinajstić information content (AvgIpc) is 2.77. The lowest BCUT2D eigenvalue weighted by atomic mass is 9.96. The molecule has 1 atom stereocenters. The van der Waals surface area contributed by atoms with Gasteiger partial charge in [-0.25, -0.2) is 4.79 Å². The second kappa shape index (κ2) is 11.5. The zero-order valence-corrected chi connectivity index (χ0v) is 20.4. The van der Waals surface area contributed by atoms with Crippen molar-refractivity contribution in [3.63, 3.8) is 0 Å². The Balaban J connectivity index is 1.61. The fourth-order valence-corrected chi connectivity index (χ4v) is 5.22. The van der Waals surface area contributed by atoms with E-state index in [4.69, 9.17) is 4.74 Å². The molecule has 0 aromatic heterocycles. The highest BCUT2D eigenvalue weighted by atomic mass is 16.5. The van der Waals surface area contributed by atoms with E-state index in [2.05, 4.69) is 45.0 Å². The molecule has 2 fully saturated rings. The number of carboxylic acid groups (broad SMARTS) is 1. The van der Waals surface area contributed by atoms with Crippen molar-refractivity contribution in [1.82, 2.24) is 19.6 Å². The van der Waals surface area contributed by atoms with Crippen molar-refractivity contribution in [3.05, 3.63) is 35.9 Å². The molecule has 2 heterocycles. The van der Waals surface area contributed by atoms with Gasteiger partial charge in [0.1, 0.15) is 0 Å². The van der Waals surface area contributed by atoms with Crippen molar-refractivity contribution in [3.8, 4) is 0 Å². The van der Waals surface area contributed by atoms with Crippen molar-refractivity contribution >= 4 is 6.09 Å². The molecule has 2 aliphatic heterocycles. The van der Waals surface area contributed by atoms with Crippen LogP contribution in [0.25, 0.3) is 0 Å². The minimum absolute atomic E-state index is 0.100. The summed E-state index contributed by atoms with van der Waals surface area (Å²) in [4.78, 5) is 21.2. The molecule has 1 aromatic carbocycles.